The smallest absolute Gasteiger partial charge is 0.0377 e. The summed E-state index contributed by atoms with van der Waals surface area (Å²) in [6.45, 7) is 1.04. The van der Waals surface area contributed by atoms with Gasteiger partial charge in [0, 0.05) is 22.6 Å². The molecule has 0 aromatic heterocycles. The van der Waals surface area contributed by atoms with Crippen molar-refractivity contribution < 1.29 is 0 Å². The quantitative estimate of drug-likeness (QED) is 0.873. The summed E-state index contributed by atoms with van der Waals surface area (Å²) in [7, 11) is 0. The minimum Gasteiger partial charge on any atom is -0.384 e. The van der Waals surface area contributed by atoms with Crippen molar-refractivity contribution in [3.8, 4) is 0 Å². The highest BCUT2D eigenvalue weighted by Gasteiger charge is 2.22. The second-order valence-electron chi connectivity index (χ2n) is 4.50. The van der Waals surface area contributed by atoms with E-state index >= 15 is 0 Å². The van der Waals surface area contributed by atoms with Crippen LogP contribution >= 0.6 is 15.9 Å². The molecule has 1 N–H and O–H groups in total. The van der Waals surface area contributed by atoms with E-state index in [1.165, 1.54) is 16.8 Å². The van der Waals surface area contributed by atoms with Crippen LogP contribution in [-0.2, 0) is 6.42 Å². The van der Waals surface area contributed by atoms with Crippen molar-refractivity contribution in [2.24, 2.45) is 0 Å². The minimum absolute atomic E-state index is 0.588. The molecule has 0 fully saturated rings. The van der Waals surface area contributed by atoms with E-state index in [1.807, 2.05) is 0 Å². The van der Waals surface area contributed by atoms with Crippen LogP contribution in [0.5, 0.6) is 0 Å². The van der Waals surface area contributed by atoms with Gasteiger partial charge in [0.1, 0.15) is 0 Å². The fourth-order valence-electron chi connectivity index (χ4n) is 2.46. The van der Waals surface area contributed by atoms with Crippen LogP contribution in [0.4, 0.5) is 5.69 Å². The second-order valence-corrected chi connectivity index (χ2v) is 5.41. The van der Waals surface area contributed by atoms with Crippen molar-refractivity contribution in [1.82, 2.24) is 0 Å². The summed E-state index contributed by atoms with van der Waals surface area (Å²) in [6.07, 6.45) is 1.11. The molecule has 3 rings (SSSR count). The first kappa shape index (κ1) is 10.8. The first-order valence-corrected chi connectivity index (χ1v) is 6.69. The molecule has 0 amide bonds. The second kappa shape index (κ2) is 4.53. The highest BCUT2D eigenvalue weighted by atomic mass is 79.9. The molecule has 2 aromatic rings. The van der Waals surface area contributed by atoms with Crippen LogP contribution in [0.1, 0.15) is 17.0 Å². The van der Waals surface area contributed by atoms with Gasteiger partial charge >= 0.3 is 0 Å². The fraction of sp³-hybridized carbons (Fsp3) is 0.200. The van der Waals surface area contributed by atoms with E-state index in [2.05, 4.69) is 69.8 Å². The van der Waals surface area contributed by atoms with Gasteiger partial charge in [-0.2, -0.15) is 0 Å². The molecule has 0 saturated heterocycles. The van der Waals surface area contributed by atoms with Crippen molar-refractivity contribution in [3.63, 3.8) is 0 Å². The maximum Gasteiger partial charge on any atom is 0.0377 e. The first-order valence-electron chi connectivity index (χ1n) is 5.90. The maximum absolute atomic E-state index is 3.55. The predicted molar refractivity (Wildman–Crippen MR) is 75.5 cm³/mol. The Labute approximate surface area is 110 Å². The Morgan fingerprint density at radius 3 is 2.76 bits per heavy atom. The number of anilines is 1. The minimum atomic E-state index is 0.588. The van der Waals surface area contributed by atoms with E-state index in [0.717, 1.165) is 17.4 Å². The lowest BCUT2D eigenvalue weighted by Crippen LogP contribution is -2.05. The molecule has 0 spiro atoms. The van der Waals surface area contributed by atoms with E-state index in [0.29, 0.717) is 5.92 Å². The van der Waals surface area contributed by atoms with Crippen LogP contribution in [0.2, 0.25) is 0 Å². The summed E-state index contributed by atoms with van der Waals surface area (Å²) >= 11 is 3.55. The van der Waals surface area contributed by atoms with Gasteiger partial charge in [-0.15, -0.1) is 0 Å². The molecule has 17 heavy (non-hydrogen) atoms. The number of rotatable bonds is 2. The van der Waals surface area contributed by atoms with Gasteiger partial charge in [0.2, 0.25) is 0 Å². The third-order valence-electron chi connectivity index (χ3n) is 3.32. The number of benzene rings is 2. The average molecular weight is 288 g/mol. The number of hydrogen-bond donors (Lipinski definition) is 1. The molecule has 0 radical (unpaired) electrons. The van der Waals surface area contributed by atoms with Gasteiger partial charge in [0.15, 0.2) is 0 Å². The zero-order chi connectivity index (χ0) is 11.7. The SMILES string of the molecule is Brc1ccc2c(c1)C(Cc1ccccc1)CN2. The molecule has 1 unspecified atom stereocenters. The summed E-state index contributed by atoms with van der Waals surface area (Å²) in [6, 6.07) is 17.2. The van der Waals surface area contributed by atoms with Crippen LogP contribution in [0.15, 0.2) is 53.0 Å². The summed E-state index contributed by atoms with van der Waals surface area (Å²) in [5.41, 5.74) is 4.13. The highest BCUT2D eigenvalue weighted by molar-refractivity contribution is 9.10. The standard InChI is InChI=1S/C15H14BrN/c16-13-6-7-15-14(9-13)12(10-17-15)8-11-4-2-1-3-5-11/h1-7,9,12,17H,8,10H2. The van der Waals surface area contributed by atoms with Gasteiger partial charge in [0.25, 0.3) is 0 Å². The number of fused-ring (bicyclic) bond motifs is 1. The average Bonchev–Trinajstić information content (AvgIpc) is 2.73. The zero-order valence-electron chi connectivity index (χ0n) is 9.49. The van der Waals surface area contributed by atoms with Gasteiger partial charge in [-0.05, 0) is 35.7 Å². The van der Waals surface area contributed by atoms with Crippen LogP contribution < -0.4 is 5.32 Å². The lowest BCUT2D eigenvalue weighted by molar-refractivity contribution is 0.752. The monoisotopic (exact) mass is 287 g/mol. The highest BCUT2D eigenvalue weighted by Crippen LogP contribution is 2.35. The lowest BCUT2D eigenvalue weighted by atomic mass is 9.94. The van der Waals surface area contributed by atoms with E-state index in [1.54, 1.807) is 0 Å². The van der Waals surface area contributed by atoms with Crippen molar-refractivity contribution in [1.29, 1.82) is 0 Å². The van der Waals surface area contributed by atoms with E-state index in [9.17, 15) is 0 Å². The molecule has 1 atom stereocenters. The van der Waals surface area contributed by atoms with E-state index < -0.39 is 0 Å². The largest absolute Gasteiger partial charge is 0.384 e. The van der Waals surface area contributed by atoms with Crippen LogP contribution in [-0.4, -0.2) is 6.54 Å². The number of hydrogen-bond acceptors (Lipinski definition) is 1. The Morgan fingerprint density at radius 1 is 1.12 bits per heavy atom. The van der Waals surface area contributed by atoms with Gasteiger partial charge in [-0.1, -0.05) is 46.3 Å². The Kier molecular flexibility index (Phi) is 2.89. The Morgan fingerprint density at radius 2 is 1.94 bits per heavy atom. The topological polar surface area (TPSA) is 12.0 Å². The molecule has 86 valence electrons. The molecule has 2 aromatic carbocycles. The summed E-state index contributed by atoms with van der Waals surface area (Å²) in [5, 5.41) is 3.48. The van der Waals surface area contributed by atoms with E-state index in [-0.39, 0.29) is 0 Å². The third-order valence-corrected chi connectivity index (χ3v) is 3.81. The van der Waals surface area contributed by atoms with Crippen molar-refractivity contribution >= 4 is 21.6 Å². The molecule has 0 aliphatic carbocycles. The third kappa shape index (κ3) is 2.22. The Balaban J connectivity index is 1.86. The molecule has 1 nitrogen and oxygen atoms in total. The molecule has 1 heterocycles. The summed E-state index contributed by atoms with van der Waals surface area (Å²) in [4.78, 5) is 0. The van der Waals surface area contributed by atoms with Gasteiger partial charge in [0.05, 0.1) is 0 Å². The van der Waals surface area contributed by atoms with Crippen molar-refractivity contribution in [2.75, 3.05) is 11.9 Å². The molecule has 1 aliphatic heterocycles. The maximum atomic E-state index is 3.55. The first-order chi connectivity index (χ1) is 8.33. The predicted octanol–water partition coefficient (Wildman–Crippen LogP) is 4.20. The molecule has 1 aliphatic rings. The summed E-state index contributed by atoms with van der Waals surface area (Å²) in [5.74, 6) is 0.588. The number of halogens is 1. The fourth-order valence-corrected chi connectivity index (χ4v) is 2.83. The van der Waals surface area contributed by atoms with Crippen molar-refractivity contribution in [2.45, 2.75) is 12.3 Å². The van der Waals surface area contributed by atoms with Gasteiger partial charge in [-0.25, -0.2) is 0 Å². The molecule has 0 bridgehead atoms. The zero-order valence-corrected chi connectivity index (χ0v) is 11.1. The Hall–Kier alpha value is -1.28. The normalized spacial score (nSPS) is 17.6. The molecule has 0 saturated carbocycles. The lowest BCUT2D eigenvalue weighted by Gasteiger charge is -2.10. The van der Waals surface area contributed by atoms with Crippen LogP contribution in [0.3, 0.4) is 0 Å². The molecular formula is C15H14BrN. The molecule has 2 heteroatoms. The number of nitrogens with one attached hydrogen (secondary N) is 1. The molecular weight excluding hydrogens is 274 g/mol. The van der Waals surface area contributed by atoms with Crippen LogP contribution in [0.25, 0.3) is 0 Å². The van der Waals surface area contributed by atoms with Crippen molar-refractivity contribution in [3.05, 3.63) is 64.1 Å². The van der Waals surface area contributed by atoms with E-state index in [4.69, 9.17) is 0 Å². The van der Waals surface area contributed by atoms with Gasteiger partial charge in [-0.3, -0.25) is 0 Å². The summed E-state index contributed by atoms with van der Waals surface area (Å²) < 4.78 is 1.16. The Bertz CT molecular complexity index is 522. The van der Waals surface area contributed by atoms with Gasteiger partial charge < -0.3 is 5.32 Å². The van der Waals surface area contributed by atoms with Crippen LogP contribution in [0, 0.1) is 0 Å².